The summed E-state index contributed by atoms with van der Waals surface area (Å²) in [5, 5.41) is 10.3. The van der Waals surface area contributed by atoms with Crippen molar-refractivity contribution < 1.29 is 0 Å². The maximum absolute atomic E-state index is 9.34. The SMILES string of the molecule is CCCSc1nc2cccnc2n1Cc1ccc(-c2ccccc2C#N)cc1. The summed E-state index contributed by atoms with van der Waals surface area (Å²) in [6.07, 6.45) is 2.92. The zero-order valence-electron chi connectivity index (χ0n) is 15.7. The first-order valence-corrected chi connectivity index (χ1v) is 10.3. The number of fused-ring (bicyclic) bond motifs is 1. The number of hydrogen-bond acceptors (Lipinski definition) is 4. The fourth-order valence-corrected chi connectivity index (χ4v) is 4.04. The highest BCUT2D eigenvalue weighted by Crippen LogP contribution is 2.26. The van der Waals surface area contributed by atoms with Crippen LogP contribution in [0.25, 0.3) is 22.3 Å². The molecule has 0 aliphatic rings. The highest BCUT2D eigenvalue weighted by molar-refractivity contribution is 7.99. The Morgan fingerprint density at radius 2 is 1.86 bits per heavy atom. The first-order valence-electron chi connectivity index (χ1n) is 9.32. The van der Waals surface area contributed by atoms with E-state index in [4.69, 9.17) is 4.98 Å². The molecule has 0 bridgehead atoms. The third-order valence-electron chi connectivity index (χ3n) is 4.56. The lowest BCUT2D eigenvalue weighted by Crippen LogP contribution is -2.03. The van der Waals surface area contributed by atoms with Gasteiger partial charge in [0, 0.05) is 11.9 Å². The van der Waals surface area contributed by atoms with Crippen molar-refractivity contribution in [3.05, 3.63) is 78.0 Å². The molecule has 0 unspecified atom stereocenters. The molecular weight excluding hydrogens is 364 g/mol. The molecule has 0 saturated carbocycles. The number of nitrogens with zero attached hydrogens (tertiary/aromatic N) is 4. The average molecular weight is 385 g/mol. The van der Waals surface area contributed by atoms with Gasteiger partial charge in [-0.1, -0.05) is 61.2 Å². The smallest absolute Gasteiger partial charge is 0.170 e. The van der Waals surface area contributed by atoms with E-state index in [0.717, 1.165) is 46.2 Å². The third-order valence-corrected chi connectivity index (χ3v) is 5.74. The van der Waals surface area contributed by atoms with E-state index in [1.807, 2.05) is 42.6 Å². The minimum Gasteiger partial charge on any atom is -0.299 e. The van der Waals surface area contributed by atoms with Gasteiger partial charge in [-0.2, -0.15) is 5.26 Å². The van der Waals surface area contributed by atoms with Crippen molar-refractivity contribution in [1.29, 1.82) is 5.26 Å². The minimum absolute atomic E-state index is 0.693. The van der Waals surface area contributed by atoms with Gasteiger partial charge in [0.05, 0.1) is 18.2 Å². The minimum atomic E-state index is 0.693. The van der Waals surface area contributed by atoms with E-state index in [9.17, 15) is 5.26 Å². The summed E-state index contributed by atoms with van der Waals surface area (Å²) in [4.78, 5) is 9.31. The Labute approximate surface area is 168 Å². The topological polar surface area (TPSA) is 54.5 Å². The van der Waals surface area contributed by atoms with Crippen molar-refractivity contribution >= 4 is 22.9 Å². The summed E-state index contributed by atoms with van der Waals surface area (Å²) in [5.74, 6) is 1.03. The molecule has 5 heteroatoms. The van der Waals surface area contributed by atoms with Gasteiger partial charge in [0.1, 0.15) is 5.52 Å². The van der Waals surface area contributed by atoms with Gasteiger partial charge in [-0.05, 0) is 41.3 Å². The van der Waals surface area contributed by atoms with Gasteiger partial charge in [-0.25, -0.2) is 9.97 Å². The summed E-state index contributed by atoms with van der Waals surface area (Å²) in [6.45, 7) is 2.90. The van der Waals surface area contributed by atoms with Crippen molar-refractivity contribution in [3.8, 4) is 17.2 Å². The van der Waals surface area contributed by atoms with E-state index < -0.39 is 0 Å². The van der Waals surface area contributed by atoms with Gasteiger partial charge >= 0.3 is 0 Å². The molecule has 0 fully saturated rings. The van der Waals surface area contributed by atoms with Crippen LogP contribution in [-0.2, 0) is 6.54 Å². The predicted molar refractivity (Wildman–Crippen MR) is 114 cm³/mol. The van der Waals surface area contributed by atoms with Crippen molar-refractivity contribution in [1.82, 2.24) is 14.5 Å². The van der Waals surface area contributed by atoms with Gasteiger partial charge < -0.3 is 0 Å². The Hall–Kier alpha value is -3.10. The van der Waals surface area contributed by atoms with Crippen LogP contribution in [0.2, 0.25) is 0 Å². The van der Waals surface area contributed by atoms with Gasteiger partial charge in [0.25, 0.3) is 0 Å². The first kappa shape index (κ1) is 18.3. The fraction of sp³-hybridized carbons (Fsp3) is 0.174. The van der Waals surface area contributed by atoms with Crippen LogP contribution in [0.3, 0.4) is 0 Å². The molecule has 0 aliphatic carbocycles. The summed E-state index contributed by atoms with van der Waals surface area (Å²) >= 11 is 1.77. The molecule has 4 aromatic rings. The number of rotatable bonds is 6. The molecular formula is C23H20N4S. The van der Waals surface area contributed by atoms with Crippen molar-refractivity contribution in [2.75, 3.05) is 5.75 Å². The van der Waals surface area contributed by atoms with Crippen molar-refractivity contribution in [2.45, 2.75) is 25.0 Å². The van der Waals surface area contributed by atoms with Crippen LogP contribution in [0.15, 0.2) is 72.0 Å². The van der Waals surface area contributed by atoms with E-state index >= 15 is 0 Å². The van der Waals surface area contributed by atoms with Crippen LogP contribution >= 0.6 is 11.8 Å². The lowest BCUT2D eigenvalue weighted by Gasteiger charge is -2.10. The Bertz CT molecular complexity index is 1140. The quantitative estimate of drug-likeness (QED) is 0.411. The summed E-state index contributed by atoms with van der Waals surface area (Å²) < 4.78 is 2.19. The maximum atomic E-state index is 9.34. The van der Waals surface area contributed by atoms with Crippen LogP contribution < -0.4 is 0 Å². The molecule has 4 nitrogen and oxygen atoms in total. The molecule has 0 aliphatic heterocycles. The normalized spacial score (nSPS) is 10.9. The average Bonchev–Trinajstić information content (AvgIpc) is 3.10. The van der Waals surface area contributed by atoms with Gasteiger partial charge in [0.15, 0.2) is 10.8 Å². The molecule has 0 amide bonds. The van der Waals surface area contributed by atoms with Crippen LogP contribution in [0.1, 0.15) is 24.5 Å². The van der Waals surface area contributed by atoms with Crippen LogP contribution in [0.5, 0.6) is 0 Å². The standard InChI is InChI=1S/C23H20N4S/c1-2-14-28-23-26-21-8-5-13-25-22(21)27(23)16-17-9-11-18(12-10-17)20-7-4-3-6-19(20)15-24/h3-13H,2,14,16H2,1H3. The predicted octanol–water partition coefficient (Wildman–Crippen LogP) is 5.52. The molecule has 2 aromatic heterocycles. The highest BCUT2D eigenvalue weighted by Gasteiger charge is 2.12. The van der Waals surface area contributed by atoms with Gasteiger partial charge in [0.2, 0.25) is 0 Å². The Balaban J connectivity index is 1.66. The fourth-order valence-electron chi connectivity index (χ4n) is 3.19. The van der Waals surface area contributed by atoms with Crippen molar-refractivity contribution in [2.24, 2.45) is 0 Å². The number of hydrogen-bond donors (Lipinski definition) is 0. The Morgan fingerprint density at radius 3 is 2.64 bits per heavy atom. The molecule has 2 heterocycles. The number of aromatic nitrogens is 3. The molecule has 0 atom stereocenters. The van der Waals surface area contributed by atoms with Gasteiger partial charge in [-0.3, -0.25) is 4.57 Å². The van der Waals surface area contributed by atoms with E-state index in [1.165, 1.54) is 5.56 Å². The first-order chi connectivity index (χ1) is 13.8. The van der Waals surface area contributed by atoms with Gasteiger partial charge in [-0.15, -0.1) is 0 Å². The molecule has 0 radical (unpaired) electrons. The number of pyridine rings is 1. The molecule has 4 rings (SSSR count). The molecule has 0 N–H and O–H groups in total. The second-order valence-electron chi connectivity index (χ2n) is 6.53. The second kappa shape index (κ2) is 8.28. The summed E-state index contributed by atoms with van der Waals surface area (Å²) in [7, 11) is 0. The zero-order valence-corrected chi connectivity index (χ0v) is 16.5. The molecule has 2 aromatic carbocycles. The number of benzene rings is 2. The largest absolute Gasteiger partial charge is 0.299 e. The van der Waals surface area contributed by atoms with Crippen LogP contribution in [0, 0.1) is 11.3 Å². The molecule has 138 valence electrons. The molecule has 28 heavy (non-hydrogen) atoms. The van der Waals surface area contributed by atoms with Crippen molar-refractivity contribution in [3.63, 3.8) is 0 Å². The second-order valence-corrected chi connectivity index (χ2v) is 7.59. The zero-order chi connectivity index (χ0) is 19.3. The monoisotopic (exact) mass is 384 g/mol. The number of thioether (sulfide) groups is 1. The lowest BCUT2D eigenvalue weighted by atomic mass is 9.99. The summed E-state index contributed by atoms with van der Waals surface area (Å²) in [6, 6.07) is 22.3. The van der Waals surface area contributed by atoms with E-state index in [-0.39, 0.29) is 0 Å². The number of nitriles is 1. The Morgan fingerprint density at radius 1 is 1.04 bits per heavy atom. The Kier molecular flexibility index (Phi) is 5.41. The van der Waals surface area contributed by atoms with E-state index in [1.54, 1.807) is 11.8 Å². The summed E-state index contributed by atoms with van der Waals surface area (Å²) in [5.41, 5.74) is 5.74. The van der Waals surface area contributed by atoms with E-state index in [2.05, 4.69) is 46.8 Å². The molecule has 0 spiro atoms. The van der Waals surface area contributed by atoms with Crippen LogP contribution in [0.4, 0.5) is 0 Å². The highest BCUT2D eigenvalue weighted by atomic mass is 32.2. The lowest BCUT2D eigenvalue weighted by molar-refractivity contribution is 0.723. The maximum Gasteiger partial charge on any atom is 0.170 e. The number of imidazole rings is 1. The van der Waals surface area contributed by atoms with Crippen LogP contribution in [-0.4, -0.2) is 20.3 Å². The van der Waals surface area contributed by atoms with E-state index in [0.29, 0.717) is 5.56 Å². The molecule has 0 saturated heterocycles. The third kappa shape index (κ3) is 3.64.